The number of aromatic nitrogens is 2. The third kappa shape index (κ3) is 3.65. The van der Waals surface area contributed by atoms with E-state index in [1.165, 1.54) is 27.2 Å². The molecule has 0 spiro atoms. The van der Waals surface area contributed by atoms with Gasteiger partial charge in [-0.2, -0.15) is 8.61 Å². The zero-order valence-corrected chi connectivity index (χ0v) is 16.5. The van der Waals surface area contributed by atoms with Crippen molar-refractivity contribution in [3.05, 3.63) is 41.3 Å². The van der Waals surface area contributed by atoms with Crippen LogP contribution >= 0.6 is 11.6 Å². The van der Waals surface area contributed by atoms with E-state index >= 15 is 0 Å². The van der Waals surface area contributed by atoms with Gasteiger partial charge in [0.25, 0.3) is 10.0 Å². The first-order chi connectivity index (χ1) is 12.2. The molecule has 2 heterocycles. The molecule has 0 unspecified atom stereocenters. The van der Waals surface area contributed by atoms with Crippen molar-refractivity contribution in [2.75, 3.05) is 26.2 Å². The largest absolute Gasteiger partial charge is 0.335 e. The fraction of sp³-hybridized carbons (Fsp3) is 0.400. The van der Waals surface area contributed by atoms with Crippen molar-refractivity contribution in [1.82, 2.24) is 18.6 Å². The summed E-state index contributed by atoms with van der Waals surface area (Å²) < 4.78 is 53.7. The number of halogens is 1. The molecule has 1 aliphatic heterocycles. The van der Waals surface area contributed by atoms with Gasteiger partial charge in [0.1, 0.15) is 0 Å². The number of nitrogens with zero attached hydrogens (tertiary/aromatic N) is 3. The molecule has 0 amide bonds. The van der Waals surface area contributed by atoms with Crippen LogP contribution in [0.2, 0.25) is 5.02 Å². The quantitative estimate of drug-likeness (QED) is 0.809. The molecule has 0 saturated carbocycles. The molecule has 1 fully saturated rings. The lowest BCUT2D eigenvalue weighted by Gasteiger charge is -2.22. The van der Waals surface area contributed by atoms with Crippen LogP contribution in [0.1, 0.15) is 12.0 Å². The number of sulfonamides is 2. The van der Waals surface area contributed by atoms with Gasteiger partial charge >= 0.3 is 0 Å². The molecule has 1 aromatic heterocycles. The lowest BCUT2D eigenvalue weighted by Crippen LogP contribution is -2.37. The minimum Gasteiger partial charge on any atom is -0.335 e. The topological polar surface area (TPSA) is 103 Å². The van der Waals surface area contributed by atoms with Crippen LogP contribution in [-0.2, 0) is 20.0 Å². The van der Waals surface area contributed by atoms with E-state index < -0.39 is 20.0 Å². The van der Waals surface area contributed by atoms with Crippen LogP contribution in [0.15, 0.2) is 40.6 Å². The van der Waals surface area contributed by atoms with Crippen molar-refractivity contribution in [3.8, 4) is 0 Å². The Morgan fingerprint density at radius 1 is 1.04 bits per heavy atom. The highest BCUT2D eigenvalue weighted by molar-refractivity contribution is 7.89. The van der Waals surface area contributed by atoms with Crippen LogP contribution in [0.25, 0.3) is 0 Å². The summed E-state index contributed by atoms with van der Waals surface area (Å²) in [5, 5.41) is 0.340. The highest BCUT2D eigenvalue weighted by Gasteiger charge is 2.32. The summed E-state index contributed by atoms with van der Waals surface area (Å²) in [6, 6.07) is 4.72. The smallest absolute Gasteiger partial charge is 0.260 e. The third-order valence-electron chi connectivity index (χ3n) is 4.27. The Balaban J connectivity index is 1.83. The van der Waals surface area contributed by atoms with Gasteiger partial charge in [-0.1, -0.05) is 17.7 Å². The Hall–Kier alpha value is -1.46. The first kappa shape index (κ1) is 19.3. The van der Waals surface area contributed by atoms with Gasteiger partial charge in [-0.25, -0.2) is 21.8 Å². The van der Waals surface area contributed by atoms with Gasteiger partial charge in [0, 0.05) is 31.2 Å². The van der Waals surface area contributed by atoms with E-state index in [4.69, 9.17) is 11.6 Å². The molecule has 1 saturated heterocycles. The van der Waals surface area contributed by atoms with Gasteiger partial charge in [0.15, 0.2) is 5.03 Å². The summed E-state index contributed by atoms with van der Waals surface area (Å²) in [7, 11) is -7.47. The molecule has 26 heavy (non-hydrogen) atoms. The van der Waals surface area contributed by atoms with Crippen molar-refractivity contribution in [3.63, 3.8) is 0 Å². The molecule has 11 heteroatoms. The number of hydrogen-bond donors (Lipinski definition) is 1. The number of aryl methyl sites for hydroxylation is 1. The second kappa shape index (κ2) is 7.28. The van der Waals surface area contributed by atoms with E-state index in [0.717, 1.165) is 0 Å². The number of rotatable bonds is 4. The summed E-state index contributed by atoms with van der Waals surface area (Å²) in [6.45, 7) is 2.32. The molecular formula is C15H19ClN4O4S2. The van der Waals surface area contributed by atoms with Crippen LogP contribution in [0.4, 0.5) is 0 Å². The number of nitrogens with one attached hydrogen (secondary N) is 1. The summed E-state index contributed by atoms with van der Waals surface area (Å²) >= 11 is 5.95. The van der Waals surface area contributed by atoms with Crippen molar-refractivity contribution in [2.24, 2.45) is 0 Å². The molecular weight excluding hydrogens is 400 g/mol. The molecule has 1 N–H and O–H groups in total. The van der Waals surface area contributed by atoms with Crippen molar-refractivity contribution in [2.45, 2.75) is 23.3 Å². The van der Waals surface area contributed by atoms with Gasteiger partial charge in [-0.05, 0) is 31.0 Å². The molecule has 8 nitrogen and oxygen atoms in total. The Morgan fingerprint density at radius 3 is 2.31 bits per heavy atom. The van der Waals surface area contributed by atoms with Crippen LogP contribution in [0.3, 0.4) is 0 Å². The maximum absolute atomic E-state index is 13.0. The average molecular weight is 419 g/mol. The normalized spacial score (nSPS) is 17.9. The number of imidazole rings is 1. The lowest BCUT2D eigenvalue weighted by atomic mass is 10.2. The van der Waals surface area contributed by atoms with Gasteiger partial charge in [-0.3, -0.25) is 0 Å². The second-order valence-corrected chi connectivity index (χ2v) is 10.2. The maximum Gasteiger partial charge on any atom is 0.260 e. The van der Waals surface area contributed by atoms with Crippen LogP contribution in [0.5, 0.6) is 0 Å². The van der Waals surface area contributed by atoms with E-state index in [1.54, 1.807) is 19.1 Å². The summed E-state index contributed by atoms with van der Waals surface area (Å²) in [5.41, 5.74) is 0.598. The predicted octanol–water partition coefficient (Wildman–Crippen LogP) is 1.46. The highest BCUT2D eigenvalue weighted by Crippen LogP contribution is 2.25. The predicted molar refractivity (Wildman–Crippen MR) is 96.9 cm³/mol. The third-order valence-corrected chi connectivity index (χ3v) is 8.37. The number of hydrogen-bond acceptors (Lipinski definition) is 5. The Bertz CT molecular complexity index is 991. The van der Waals surface area contributed by atoms with E-state index in [9.17, 15) is 16.8 Å². The molecule has 0 bridgehead atoms. The summed E-state index contributed by atoms with van der Waals surface area (Å²) in [6.07, 6.45) is 2.93. The van der Waals surface area contributed by atoms with Gasteiger partial charge in [-0.15, -0.1) is 0 Å². The maximum atomic E-state index is 13.0. The number of aromatic amines is 1. The Kier molecular flexibility index (Phi) is 5.40. The number of H-pyrrole nitrogens is 1. The Morgan fingerprint density at radius 2 is 1.69 bits per heavy atom. The van der Waals surface area contributed by atoms with Crippen molar-refractivity contribution in [1.29, 1.82) is 0 Å². The molecule has 1 aromatic carbocycles. The monoisotopic (exact) mass is 418 g/mol. The van der Waals surface area contributed by atoms with E-state index in [-0.39, 0.29) is 36.1 Å². The first-order valence-corrected chi connectivity index (χ1v) is 11.2. The van der Waals surface area contributed by atoms with Crippen LogP contribution in [-0.4, -0.2) is 61.6 Å². The summed E-state index contributed by atoms with van der Waals surface area (Å²) in [4.78, 5) is 6.48. The fourth-order valence-electron chi connectivity index (χ4n) is 2.87. The van der Waals surface area contributed by atoms with Gasteiger partial charge < -0.3 is 4.98 Å². The lowest BCUT2D eigenvalue weighted by molar-refractivity contribution is 0.403. The van der Waals surface area contributed by atoms with Crippen molar-refractivity contribution >= 4 is 31.6 Å². The molecule has 0 atom stereocenters. The minimum atomic E-state index is -3.75. The molecule has 1 aliphatic rings. The SMILES string of the molecule is Cc1ccc(Cl)cc1S(=O)(=O)N1CCCN(S(=O)(=O)c2cnc[nH]2)CC1. The summed E-state index contributed by atoms with van der Waals surface area (Å²) in [5.74, 6) is 0. The Labute approximate surface area is 157 Å². The molecule has 3 rings (SSSR count). The van der Waals surface area contributed by atoms with Crippen LogP contribution in [0, 0.1) is 6.92 Å². The van der Waals surface area contributed by atoms with E-state index in [1.807, 2.05) is 0 Å². The standard InChI is InChI=1S/C15H19ClN4O4S2/c1-12-3-4-13(16)9-14(12)25(21,22)19-5-2-6-20(8-7-19)26(23,24)15-10-17-11-18-15/h3-4,9-11H,2,5-8H2,1H3,(H,17,18). The molecule has 0 aliphatic carbocycles. The van der Waals surface area contributed by atoms with Gasteiger partial charge in [0.05, 0.1) is 17.4 Å². The van der Waals surface area contributed by atoms with Crippen LogP contribution < -0.4 is 0 Å². The van der Waals surface area contributed by atoms with E-state index in [0.29, 0.717) is 17.0 Å². The second-order valence-electron chi connectivity index (χ2n) is 5.99. The van der Waals surface area contributed by atoms with E-state index in [2.05, 4.69) is 9.97 Å². The van der Waals surface area contributed by atoms with Crippen molar-refractivity contribution < 1.29 is 16.8 Å². The first-order valence-electron chi connectivity index (χ1n) is 7.98. The minimum absolute atomic E-state index is 0.000470. The molecule has 0 radical (unpaired) electrons. The highest BCUT2D eigenvalue weighted by atomic mass is 35.5. The zero-order valence-electron chi connectivity index (χ0n) is 14.1. The molecule has 2 aromatic rings. The molecule has 142 valence electrons. The zero-order chi connectivity index (χ0) is 18.9. The average Bonchev–Trinajstić information content (AvgIpc) is 3.01. The fourth-order valence-corrected chi connectivity index (χ4v) is 6.19. The van der Waals surface area contributed by atoms with Gasteiger partial charge in [0.2, 0.25) is 10.0 Å². The number of benzene rings is 1.